The van der Waals surface area contributed by atoms with Crippen LogP contribution in [0, 0.1) is 30.6 Å². The fourth-order valence-electron chi connectivity index (χ4n) is 8.19. The SMILES string of the molecule is Cc1c(-c2nc3cc(CN4CCC[C@H]4C(=O)O)c(OC(F)F)cc3o2)cccc1-c1cccc(-c2nc3cc(CN4CC(C)(C)C4)cc(C#N)c3o2)c1C. The van der Waals surface area contributed by atoms with Crippen LogP contribution >= 0.6 is 0 Å². The molecule has 0 aliphatic carbocycles. The first-order valence-electron chi connectivity index (χ1n) is 18.0. The topological polar surface area (TPSA) is 129 Å². The summed E-state index contributed by atoms with van der Waals surface area (Å²) in [7, 11) is 0. The molecule has 0 amide bonds. The van der Waals surface area contributed by atoms with Gasteiger partial charge < -0.3 is 18.7 Å². The molecule has 4 aromatic carbocycles. The number of halogens is 2. The third kappa shape index (κ3) is 6.58. The van der Waals surface area contributed by atoms with Crippen LogP contribution in [0.1, 0.15) is 54.5 Å². The number of fused-ring (bicyclic) bond motifs is 2. The summed E-state index contributed by atoms with van der Waals surface area (Å²) in [6, 6.07) is 20.3. The molecule has 0 radical (unpaired) electrons. The molecular formula is C42H39F2N5O5. The van der Waals surface area contributed by atoms with Crippen molar-refractivity contribution in [3.63, 3.8) is 0 Å². The Balaban J connectivity index is 1.12. The van der Waals surface area contributed by atoms with Crippen LogP contribution in [0.15, 0.2) is 69.5 Å². The maximum Gasteiger partial charge on any atom is 0.387 e. The fourth-order valence-corrected chi connectivity index (χ4v) is 8.19. The summed E-state index contributed by atoms with van der Waals surface area (Å²) in [6.07, 6.45) is 1.19. The number of oxazole rings is 2. The van der Waals surface area contributed by atoms with Gasteiger partial charge in [-0.2, -0.15) is 14.0 Å². The summed E-state index contributed by atoms with van der Waals surface area (Å²) in [5.41, 5.74) is 9.23. The molecule has 276 valence electrons. The molecule has 0 unspecified atom stereocenters. The number of benzene rings is 4. The van der Waals surface area contributed by atoms with Crippen molar-refractivity contribution in [2.75, 3.05) is 19.6 Å². The predicted molar refractivity (Wildman–Crippen MR) is 199 cm³/mol. The van der Waals surface area contributed by atoms with Crippen molar-refractivity contribution >= 4 is 28.2 Å². The van der Waals surface area contributed by atoms with Crippen LogP contribution in [0.4, 0.5) is 8.78 Å². The molecule has 0 bridgehead atoms. The summed E-state index contributed by atoms with van der Waals surface area (Å²) in [5, 5.41) is 19.7. The van der Waals surface area contributed by atoms with E-state index < -0.39 is 18.6 Å². The number of likely N-dealkylation sites (tertiary alicyclic amines) is 2. The molecule has 4 heterocycles. The lowest BCUT2D eigenvalue weighted by atomic mass is 9.84. The van der Waals surface area contributed by atoms with Gasteiger partial charge in [0.15, 0.2) is 11.2 Å². The van der Waals surface area contributed by atoms with E-state index in [4.69, 9.17) is 23.5 Å². The molecule has 2 fully saturated rings. The number of hydrogen-bond donors (Lipinski definition) is 1. The molecular weight excluding hydrogens is 692 g/mol. The van der Waals surface area contributed by atoms with Gasteiger partial charge in [-0.15, -0.1) is 0 Å². The zero-order valence-electron chi connectivity index (χ0n) is 30.5. The summed E-state index contributed by atoms with van der Waals surface area (Å²) in [5.74, 6) is -0.283. The molecule has 2 saturated heterocycles. The Labute approximate surface area is 310 Å². The Kier molecular flexibility index (Phi) is 8.95. The largest absolute Gasteiger partial charge is 0.480 e. The van der Waals surface area contributed by atoms with Gasteiger partial charge in [0, 0.05) is 48.9 Å². The molecule has 1 atom stereocenters. The summed E-state index contributed by atoms with van der Waals surface area (Å²) in [6.45, 7) is 8.82. The van der Waals surface area contributed by atoms with E-state index in [2.05, 4.69) is 24.8 Å². The van der Waals surface area contributed by atoms with E-state index in [9.17, 15) is 23.9 Å². The number of aromatic nitrogens is 2. The number of carboxylic acid groups (broad SMARTS) is 1. The molecule has 0 spiro atoms. The second-order valence-corrected chi connectivity index (χ2v) is 15.2. The number of nitrogens with zero attached hydrogens (tertiary/aromatic N) is 5. The lowest BCUT2D eigenvalue weighted by molar-refractivity contribution is -0.142. The highest BCUT2D eigenvalue weighted by Gasteiger charge is 2.34. The molecule has 54 heavy (non-hydrogen) atoms. The first-order chi connectivity index (χ1) is 25.9. The van der Waals surface area contributed by atoms with Gasteiger partial charge in [0.25, 0.3) is 0 Å². The van der Waals surface area contributed by atoms with Gasteiger partial charge in [-0.25, -0.2) is 9.97 Å². The molecule has 2 aromatic heterocycles. The summed E-state index contributed by atoms with van der Waals surface area (Å²) < 4.78 is 44.3. The third-order valence-corrected chi connectivity index (χ3v) is 10.6. The highest BCUT2D eigenvalue weighted by atomic mass is 19.3. The van der Waals surface area contributed by atoms with E-state index in [0.29, 0.717) is 64.3 Å². The van der Waals surface area contributed by atoms with Crippen LogP contribution in [-0.2, 0) is 17.9 Å². The number of carboxylic acids is 1. The van der Waals surface area contributed by atoms with Gasteiger partial charge in [-0.1, -0.05) is 38.1 Å². The molecule has 2 aliphatic rings. The number of nitriles is 1. The minimum absolute atomic E-state index is 0.0772. The number of hydrogen-bond acceptors (Lipinski definition) is 9. The lowest BCUT2D eigenvalue weighted by Gasteiger charge is -2.46. The van der Waals surface area contributed by atoms with Crippen LogP contribution < -0.4 is 4.74 Å². The van der Waals surface area contributed by atoms with Crippen molar-refractivity contribution in [3.05, 3.63) is 88.5 Å². The van der Waals surface area contributed by atoms with E-state index in [0.717, 1.165) is 58.6 Å². The van der Waals surface area contributed by atoms with Gasteiger partial charge in [-0.05, 0) is 96.8 Å². The van der Waals surface area contributed by atoms with Crippen LogP contribution in [0.3, 0.4) is 0 Å². The van der Waals surface area contributed by atoms with Gasteiger partial charge in [0.2, 0.25) is 11.8 Å². The third-order valence-electron chi connectivity index (χ3n) is 10.6. The molecule has 0 saturated carbocycles. The number of aliphatic carboxylic acids is 1. The zero-order valence-corrected chi connectivity index (χ0v) is 30.5. The van der Waals surface area contributed by atoms with Gasteiger partial charge in [0.05, 0.1) is 5.56 Å². The van der Waals surface area contributed by atoms with E-state index in [-0.39, 0.29) is 17.9 Å². The summed E-state index contributed by atoms with van der Waals surface area (Å²) in [4.78, 5) is 25.5. The molecule has 2 aliphatic heterocycles. The number of alkyl halides is 2. The minimum Gasteiger partial charge on any atom is -0.480 e. The minimum atomic E-state index is -3.07. The second kappa shape index (κ2) is 13.6. The molecule has 10 nitrogen and oxygen atoms in total. The molecule has 12 heteroatoms. The Morgan fingerprint density at radius 1 is 0.963 bits per heavy atom. The van der Waals surface area contributed by atoms with E-state index in [1.807, 2.05) is 62.4 Å². The smallest absolute Gasteiger partial charge is 0.387 e. The summed E-state index contributed by atoms with van der Waals surface area (Å²) >= 11 is 0. The van der Waals surface area contributed by atoms with Crippen molar-refractivity contribution in [3.8, 4) is 45.9 Å². The second-order valence-electron chi connectivity index (χ2n) is 15.2. The molecule has 6 aromatic rings. The average Bonchev–Trinajstić information content (AvgIpc) is 3.86. The van der Waals surface area contributed by atoms with Crippen molar-refractivity contribution in [1.82, 2.24) is 19.8 Å². The molecule has 8 rings (SSSR count). The Bertz CT molecular complexity index is 2470. The van der Waals surface area contributed by atoms with Crippen LogP contribution in [-0.4, -0.2) is 63.1 Å². The van der Waals surface area contributed by atoms with Crippen LogP contribution in [0.25, 0.3) is 56.2 Å². The van der Waals surface area contributed by atoms with E-state index >= 15 is 0 Å². The lowest BCUT2D eigenvalue weighted by Crippen LogP contribution is -2.52. The van der Waals surface area contributed by atoms with Crippen LogP contribution in [0.2, 0.25) is 0 Å². The first kappa shape index (κ1) is 35.4. The Morgan fingerprint density at radius 2 is 1.61 bits per heavy atom. The van der Waals surface area contributed by atoms with Gasteiger partial charge >= 0.3 is 12.6 Å². The zero-order chi connectivity index (χ0) is 37.9. The maximum atomic E-state index is 13.5. The average molecular weight is 732 g/mol. The number of carbonyl (C=O) groups is 1. The predicted octanol–water partition coefficient (Wildman–Crippen LogP) is 8.95. The standard InChI is InChI=1S/C42H39F2N5O5/c1-23-28(29-9-6-11-31(24(29)2)39-47-33-15-25(14-26(18-45)37(33)54-39)19-48-21-42(3,4)22-48)8-5-10-30(23)38-46-32-16-27(20-49-13-7-12-34(49)40(50)51)35(53-41(43)44)17-36(32)52-38/h5-6,8-11,14-17,34,41H,7,12-13,19-22H2,1-4H3,(H,50,51)/t34-/m0/s1. The van der Waals surface area contributed by atoms with E-state index in [1.54, 1.807) is 11.0 Å². The molecule has 1 N–H and O–H groups in total. The number of rotatable bonds is 10. The highest BCUT2D eigenvalue weighted by Crippen LogP contribution is 2.40. The van der Waals surface area contributed by atoms with Crippen molar-refractivity contribution in [1.29, 1.82) is 5.26 Å². The Hall–Kier alpha value is -5.64. The highest BCUT2D eigenvalue weighted by molar-refractivity contribution is 5.86. The quantitative estimate of drug-likeness (QED) is 0.146. The maximum absolute atomic E-state index is 13.5. The first-order valence-corrected chi connectivity index (χ1v) is 18.0. The van der Waals surface area contributed by atoms with Crippen LogP contribution in [0.5, 0.6) is 5.75 Å². The van der Waals surface area contributed by atoms with Gasteiger partial charge in [-0.3, -0.25) is 14.6 Å². The fraction of sp³-hybridized carbons (Fsp3) is 0.333. The van der Waals surface area contributed by atoms with E-state index in [1.165, 1.54) is 6.07 Å². The van der Waals surface area contributed by atoms with Crippen molar-refractivity contribution < 1.29 is 32.3 Å². The number of ether oxygens (including phenoxy) is 1. The monoisotopic (exact) mass is 731 g/mol. The van der Waals surface area contributed by atoms with Gasteiger partial charge in [0.1, 0.15) is 28.9 Å². The normalized spacial score (nSPS) is 17.3. The van der Waals surface area contributed by atoms with Crippen molar-refractivity contribution in [2.24, 2.45) is 5.41 Å². The Morgan fingerprint density at radius 3 is 2.24 bits per heavy atom. The van der Waals surface area contributed by atoms with Crippen molar-refractivity contribution in [2.45, 2.75) is 66.3 Å².